The maximum Gasteiger partial charge on any atom is 0.416 e. The van der Waals surface area contributed by atoms with E-state index in [1.807, 2.05) is 6.07 Å². The Kier molecular flexibility index (Phi) is 5.00. The summed E-state index contributed by atoms with van der Waals surface area (Å²) in [6.07, 6.45) is -3.48. The fourth-order valence-electron chi connectivity index (χ4n) is 4.20. The summed E-state index contributed by atoms with van der Waals surface area (Å²) >= 11 is 0. The molecule has 0 saturated carbocycles. The lowest BCUT2D eigenvalue weighted by molar-refractivity contribution is -0.137. The van der Waals surface area contributed by atoms with E-state index in [2.05, 4.69) is 5.10 Å². The van der Waals surface area contributed by atoms with Gasteiger partial charge in [-0.1, -0.05) is 36.4 Å². The summed E-state index contributed by atoms with van der Waals surface area (Å²) in [6.45, 7) is 0.345. The van der Waals surface area contributed by atoms with Crippen molar-refractivity contribution in [3.63, 3.8) is 0 Å². The molecule has 0 saturated heterocycles. The average molecular weight is 449 g/mol. The number of anilines is 1. The van der Waals surface area contributed by atoms with Gasteiger partial charge in [0.2, 0.25) is 0 Å². The van der Waals surface area contributed by atoms with E-state index < -0.39 is 17.6 Å². The zero-order valence-corrected chi connectivity index (χ0v) is 17.3. The van der Waals surface area contributed by atoms with Crippen LogP contribution in [0.2, 0.25) is 0 Å². The van der Waals surface area contributed by atoms with Crippen LogP contribution in [0.1, 0.15) is 28.0 Å². The second-order valence-electron chi connectivity index (χ2n) is 7.85. The summed E-state index contributed by atoms with van der Waals surface area (Å²) in [7, 11) is 0. The summed E-state index contributed by atoms with van der Waals surface area (Å²) in [4.78, 5) is 28.2. The molecule has 4 aromatic rings. The number of nitrogens with zero attached hydrogens (tertiary/aromatic N) is 3. The molecule has 2 heterocycles. The van der Waals surface area contributed by atoms with E-state index in [1.165, 1.54) is 15.6 Å². The van der Waals surface area contributed by atoms with Gasteiger partial charge in [0.1, 0.15) is 0 Å². The SMILES string of the molecule is O=C(c1nn(-c2ccccc2)c(=O)c2ccccc12)N1CCCc2cc(C(F)(F)F)ccc21. The quantitative estimate of drug-likeness (QED) is 0.433. The van der Waals surface area contributed by atoms with E-state index >= 15 is 0 Å². The molecule has 0 aliphatic carbocycles. The molecule has 33 heavy (non-hydrogen) atoms. The number of carbonyl (C=O) groups excluding carboxylic acids is 1. The Morgan fingerprint density at radius 2 is 1.61 bits per heavy atom. The molecule has 0 spiro atoms. The molecule has 1 amide bonds. The molecule has 0 atom stereocenters. The first-order chi connectivity index (χ1) is 15.8. The van der Waals surface area contributed by atoms with E-state index in [1.54, 1.807) is 48.5 Å². The van der Waals surface area contributed by atoms with Gasteiger partial charge in [-0.15, -0.1) is 0 Å². The fourth-order valence-corrected chi connectivity index (χ4v) is 4.20. The van der Waals surface area contributed by atoms with Crippen LogP contribution in [-0.2, 0) is 12.6 Å². The van der Waals surface area contributed by atoms with Gasteiger partial charge in [0.15, 0.2) is 5.69 Å². The van der Waals surface area contributed by atoms with E-state index in [9.17, 15) is 22.8 Å². The molecule has 0 unspecified atom stereocenters. The first-order valence-corrected chi connectivity index (χ1v) is 10.4. The predicted molar refractivity (Wildman–Crippen MR) is 119 cm³/mol. The molecule has 1 aliphatic rings. The zero-order chi connectivity index (χ0) is 23.2. The van der Waals surface area contributed by atoms with Crippen molar-refractivity contribution >= 4 is 22.4 Å². The number of amides is 1. The van der Waals surface area contributed by atoms with Crippen molar-refractivity contribution in [2.75, 3.05) is 11.4 Å². The third kappa shape index (κ3) is 3.67. The van der Waals surface area contributed by atoms with Gasteiger partial charge in [-0.3, -0.25) is 9.59 Å². The predicted octanol–water partition coefficient (Wildman–Crippen LogP) is 5.00. The van der Waals surface area contributed by atoms with E-state index in [0.29, 0.717) is 47.1 Å². The van der Waals surface area contributed by atoms with Gasteiger partial charge in [-0.05, 0) is 54.8 Å². The van der Waals surface area contributed by atoms with Crippen molar-refractivity contribution in [3.05, 3.63) is 100.0 Å². The number of alkyl halides is 3. The van der Waals surface area contributed by atoms with Crippen molar-refractivity contribution in [2.24, 2.45) is 0 Å². The fraction of sp³-hybridized carbons (Fsp3) is 0.160. The molecule has 3 aromatic carbocycles. The number of aryl methyl sites for hydroxylation is 1. The summed E-state index contributed by atoms with van der Waals surface area (Å²) in [6, 6.07) is 18.9. The Hall–Kier alpha value is -3.94. The Morgan fingerprint density at radius 1 is 0.909 bits per heavy atom. The van der Waals surface area contributed by atoms with Gasteiger partial charge < -0.3 is 4.90 Å². The molecule has 166 valence electrons. The lowest BCUT2D eigenvalue weighted by atomic mass is 9.98. The molecule has 5 rings (SSSR count). The van der Waals surface area contributed by atoms with Crippen LogP contribution >= 0.6 is 0 Å². The van der Waals surface area contributed by atoms with Crippen LogP contribution in [0.5, 0.6) is 0 Å². The maximum atomic E-state index is 13.7. The molecule has 0 bridgehead atoms. The number of aromatic nitrogens is 2. The Balaban J connectivity index is 1.66. The van der Waals surface area contributed by atoms with Gasteiger partial charge in [0.25, 0.3) is 11.5 Å². The Bertz CT molecular complexity index is 1430. The molecule has 0 fully saturated rings. The van der Waals surface area contributed by atoms with Crippen molar-refractivity contribution < 1.29 is 18.0 Å². The monoisotopic (exact) mass is 449 g/mol. The lowest BCUT2D eigenvalue weighted by Gasteiger charge is -2.30. The highest BCUT2D eigenvalue weighted by atomic mass is 19.4. The number of benzene rings is 3. The van der Waals surface area contributed by atoms with Crippen molar-refractivity contribution in [3.8, 4) is 5.69 Å². The minimum absolute atomic E-state index is 0.0711. The number of hydrogen-bond acceptors (Lipinski definition) is 3. The van der Waals surface area contributed by atoms with Crippen LogP contribution in [0.3, 0.4) is 0 Å². The van der Waals surface area contributed by atoms with Gasteiger partial charge >= 0.3 is 6.18 Å². The Morgan fingerprint density at radius 3 is 2.33 bits per heavy atom. The summed E-state index contributed by atoms with van der Waals surface area (Å²) in [5, 5.41) is 5.15. The summed E-state index contributed by atoms with van der Waals surface area (Å²) < 4.78 is 40.7. The van der Waals surface area contributed by atoms with Crippen LogP contribution in [0.25, 0.3) is 16.5 Å². The molecule has 1 aromatic heterocycles. The smallest absolute Gasteiger partial charge is 0.307 e. The highest BCUT2D eigenvalue weighted by molar-refractivity contribution is 6.12. The van der Waals surface area contributed by atoms with Crippen LogP contribution in [0, 0.1) is 0 Å². The normalized spacial score (nSPS) is 13.7. The molecular formula is C25H18F3N3O2. The minimum atomic E-state index is -4.45. The average Bonchev–Trinajstić information content (AvgIpc) is 2.83. The third-order valence-corrected chi connectivity index (χ3v) is 5.78. The molecule has 5 nitrogen and oxygen atoms in total. The highest BCUT2D eigenvalue weighted by Crippen LogP contribution is 2.36. The van der Waals surface area contributed by atoms with Gasteiger partial charge in [-0.25, -0.2) is 0 Å². The largest absolute Gasteiger partial charge is 0.416 e. The van der Waals surface area contributed by atoms with Crippen LogP contribution in [0.4, 0.5) is 18.9 Å². The first-order valence-electron chi connectivity index (χ1n) is 10.4. The number of halogens is 3. The second kappa shape index (κ2) is 7.88. The van der Waals surface area contributed by atoms with Crippen molar-refractivity contribution in [2.45, 2.75) is 19.0 Å². The van der Waals surface area contributed by atoms with Crippen LogP contribution in [0.15, 0.2) is 77.6 Å². The van der Waals surface area contributed by atoms with Gasteiger partial charge in [-0.2, -0.15) is 23.0 Å². The standard InChI is InChI=1S/C25H18F3N3O2/c26-25(27,28)17-12-13-21-16(15-17)7-6-14-30(21)24(33)22-19-10-4-5-11-20(19)23(32)31(29-22)18-8-2-1-3-9-18/h1-5,8-13,15H,6-7,14H2. The van der Waals surface area contributed by atoms with Crippen molar-refractivity contribution in [1.29, 1.82) is 0 Å². The van der Waals surface area contributed by atoms with Gasteiger partial charge in [0.05, 0.1) is 16.6 Å². The first kappa shape index (κ1) is 20.9. The molecule has 0 radical (unpaired) electrons. The second-order valence-corrected chi connectivity index (χ2v) is 7.85. The number of carbonyl (C=O) groups is 1. The lowest BCUT2D eigenvalue weighted by Crippen LogP contribution is -2.37. The molecule has 1 aliphatic heterocycles. The van der Waals surface area contributed by atoms with E-state index in [4.69, 9.17) is 0 Å². The highest BCUT2D eigenvalue weighted by Gasteiger charge is 2.33. The van der Waals surface area contributed by atoms with Crippen molar-refractivity contribution in [1.82, 2.24) is 9.78 Å². The van der Waals surface area contributed by atoms with E-state index in [-0.39, 0.29) is 11.3 Å². The molecule has 0 N–H and O–H groups in total. The van der Waals surface area contributed by atoms with E-state index in [0.717, 1.165) is 12.1 Å². The maximum absolute atomic E-state index is 13.7. The summed E-state index contributed by atoms with van der Waals surface area (Å²) in [5.74, 6) is -0.461. The third-order valence-electron chi connectivity index (χ3n) is 5.78. The van der Waals surface area contributed by atoms with Gasteiger partial charge in [0, 0.05) is 17.6 Å². The zero-order valence-electron chi connectivity index (χ0n) is 17.3. The van der Waals surface area contributed by atoms with Crippen LogP contribution < -0.4 is 10.5 Å². The molecular weight excluding hydrogens is 431 g/mol. The Labute approximate surface area is 186 Å². The topological polar surface area (TPSA) is 55.2 Å². The number of rotatable bonds is 2. The minimum Gasteiger partial charge on any atom is -0.307 e. The number of fused-ring (bicyclic) bond motifs is 2. The van der Waals surface area contributed by atoms with Crippen LogP contribution in [-0.4, -0.2) is 22.2 Å². The number of para-hydroxylation sites is 1. The number of hydrogen-bond donors (Lipinski definition) is 0. The molecule has 8 heteroatoms. The summed E-state index contributed by atoms with van der Waals surface area (Å²) in [5.41, 5.74) is 0.379.